The molecule has 0 N–H and O–H groups in total. The van der Waals surface area contributed by atoms with E-state index in [4.69, 9.17) is 4.84 Å². The van der Waals surface area contributed by atoms with E-state index in [1.807, 2.05) is 24.3 Å². The van der Waals surface area contributed by atoms with Gasteiger partial charge in [-0.3, -0.25) is 0 Å². The average molecular weight is 369 g/mol. The standard InChI is InChI=1S/C20H19NO4S/c1-14(22)25-21-20-12-9-16-5-3-4-6-18(16)19(20)13-15-7-10-17(11-8-15)26(2,23)24/h3-8,10-11,13H,9,12H2,1-2H3. The lowest BCUT2D eigenvalue weighted by atomic mass is 9.85. The van der Waals surface area contributed by atoms with Gasteiger partial charge in [-0.2, -0.15) is 0 Å². The van der Waals surface area contributed by atoms with Crippen LogP contribution in [0.1, 0.15) is 30.0 Å². The quantitative estimate of drug-likeness (QED) is 0.613. The number of aryl methyl sites for hydroxylation is 1. The van der Waals surface area contributed by atoms with Gasteiger partial charge >= 0.3 is 5.97 Å². The molecule has 2 aromatic carbocycles. The van der Waals surface area contributed by atoms with E-state index >= 15 is 0 Å². The molecule has 0 atom stereocenters. The number of hydrogen-bond donors (Lipinski definition) is 0. The molecule has 2 aromatic rings. The zero-order valence-corrected chi connectivity index (χ0v) is 15.4. The van der Waals surface area contributed by atoms with Crippen LogP contribution in [-0.2, 0) is 25.9 Å². The summed E-state index contributed by atoms with van der Waals surface area (Å²) in [4.78, 5) is 16.3. The Kier molecular flexibility index (Phi) is 5.04. The highest BCUT2D eigenvalue weighted by atomic mass is 32.2. The Labute approximate surface area is 152 Å². The van der Waals surface area contributed by atoms with Crippen molar-refractivity contribution in [1.29, 1.82) is 0 Å². The molecule has 0 unspecified atom stereocenters. The molecule has 0 radical (unpaired) electrons. The van der Waals surface area contributed by atoms with Gasteiger partial charge in [-0.15, -0.1) is 0 Å². The smallest absolute Gasteiger partial charge is 0.318 e. The third kappa shape index (κ3) is 4.08. The third-order valence-electron chi connectivity index (χ3n) is 4.15. The number of nitrogens with zero attached hydrogens (tertiary/aromatic N) is 1. The molecule has 0 bridgehead atoms. The second-order valence-corrected chi connectivity index (χ2v) is 8.19. The summed E-state index contributed by atoms with van der Waals surface area (Å²) in [6.45, 7) is 1.31. The van der Waals surface area contributed by atoms with Crippen LogP contribution in [0.4, 0.5) is 0 Å². The van der Waals surface area contributed by atoms with Crippen molar-refractivity contribution in [2.75, 3.05) is 6.26 Å². The molecule has 0 aromatic heterocycles. The maximum absolute atomic E-state index is 11.6. The van der Waals surface area contributed by atoms with E-state index in [1.54, 1.807) is 24.3 Å². The Hall–Kier alpha value is -2.73. The first-order valence-corrected chi connectivity index (χ1v) is 10.1. The highest BCUT2D eigenvalue weighted by Crippen LogP contribution is 2.31. The minimum Gasteiger partial charge on any atom is -0.318 e. The number of carbonyl (C=O) groups is 1. The molecule has 0 spiro atoms. The number of oxime groups is 1. The van der Waals surface area contributed by atoms with Gasteiger partial charge in [0.05, 0.1) is 10.6 Å². The van der Waals surface area contributed by atoms with Crippen molar-refractivity contribution in [2.24, 2.45) is 5.16 Å². The summed E-state index contributed by atoms with van der Waals surface area (Å²) in [5.74, 6) is -0.465. The molecule has 1 aliphatic rings. The Bertz CT molecular complexity index is 1000. The summed E-state index contributed by atoms with van der Waals surface area (Å²) in [5, 5.41) is 4.02. The van der Waals surface area contributed by atoms with Crippen LogP contribution in [-0.4, -0.2) is 26.4 Å². The van der Waals surface area contributed by atoms with Crippen LogP contribution < -0.4 is 0 Å². The monoisotopic (exact) mass is 369 g/mol. The molecule has 134 valence electrons. The maximum atomic E-state index is 11.6. The summed E-state index contributed by atoms with van der Waals surface area (Å²) in [6.07, 6.45) is 4.60. The van der Waals surface area contributed by atoms with Gasteiger partial charge in [-0.1, -0.05) is 41.6 Å². The number of allylic oxidation sites excluding steroid dienone is 1. The highest BCUT2D eigenvalue weighted by molar-refractivity contribution is 7.90. The van der Waals surface area contributed by atoms with Crippen molar-refractivity contribution in [3.63, 3.8) is 0 Å². The molecular formula is C20H19NO4S. The zero-order valence-electron chi connectivity index (χ0n) is 14.6. The fourth-order valence-electron chi connectivity index (χ4n) is 2.90. The molecule has 26 heavy (non-hydrogen) atoms. The van der Waals surface area contributed by atoms with Crippen molar-refractivity contribution >= 4 is 33.2 Å². The molecule has 1 aliphatic carbocycles. The summed E-state index contributed by atoms with van der Waals surface area (Å²) >= 11 is 0. The largest absolute Gasteiger partial charge is 0.331 e. The fourth-order valence-corrected chi connectivity index (χ4v) is 3.53. The van der Waals surface area contributed by atoms with Gasteiger partial charge in [-0.25, -0.2) is 13.2 Å². The molecule has 0 aliphatic heterocycles. The van der Waals surface area contributed by atoms with Gasteiger partial charge in [0.2, 0.25) is 0 Å². The molecule has 0 saturated heterocycles. The molecule has 6 heteroatoms. The minimum atomic E-state index is -3.23. The number of sulfone groups is 1. The maximum Gasteiger partial charge on any atom is 0.331 e. The van der Waals surface area contributed by atoms with Gasteiger partial charge in [-0.05, 0) is 47.7 Å². The van der Waals surface area contributed by atoms with Crippen molar-refractivity contribution in [3.05, 3.63) is 65.2 Å². The number of fused-ring (bicyclic) bond motifs is 1. The average Bonchev–Trinajstić information content (AvgIpc) is 2.60. The van der Waals surface area contributed by atoms with E-state index in [0.29, 0.717) is 12.1 Å². The normalized spacial score (nSPS) is 17.2. The topological polar surface area (TPSA) is 72.8 Å². The lowest BCUT2D eigenvalue weighted by Gasteiger charge is -2.20. The van der Waals surface area contributed by atoms with Crippen molar-refractivity contribution < 1.29 is 18.0 Å². The summed E-state index contributed by atoms with van der Waals surface area (Å²) < 4.78 is 23.2. The van der Waals surface area contributed by atoms with E-state index in [-0.39, 0.29) is 4.90 Å². The Morgan fingerprint density at radius 2 is 1.77 bits per heavy atom. The first-order valence-electron chi connectivity index (χ1n) is 8.19. The van der Waals surface area contributed by atoms with Crippen LogP contribution in [0.5, 0.6) is 0 Å². The number of rotatable bonds is 3. The van der Waals surface area contributed by atoms with E-state index in [0.717, 1.165) is 23.1 Å². The Morgan fingerprint density at radius 1 is 1.08 bits per heavy atom. The summed E-state index contributed by atoms with van der Waals surface area (Å²) in [5.41, 5.74) is 4.66. The van der Waals surface area contributed by atoms with E-state index in [9.17, 15) is 13.2 Å². The lowest BCUT2D eigenvalue weighted by molar-refractivity contribution is -0.140. The number of benzene rings is 2. The molecular weight excluding hydrogens is 350 g/mol. The lowest BCUT2D eigenvalue weighted by Crippen LogP contribution is -2.14. The summed E-state index contributed by atoms with van der Waals surface area (Å²) in [6, 6.07) is 14.7. The minimum absolute atomic E-state index is 0.275. The summed E-state index contributed by atoms with van der Waals surface area (Å²) in [7, 11) is -3.23. The predicted molar refractivity (Wildman–Crippen MR) is 101 cm³/mol. The van der Waals surface area contributed by atoms with Gasteiger partial charge in [0.25, 0.3) is 0 Å². The van der Waals surface area contributed by atoms with E-state index < -0.39 is 15.8 Å². The van der Waals surface area contributed by atoms with E-state index in [2.05, 4.69) is 11.2 Å². The first kappa shape index (κ1) is 18.1. The van der Waals surface area contributed by atoms with Gasteiger partial charge < -0.3 is 4.84 Å². The molecule has 0 saturated carbocycles. The Morgan fingerprint density at radius 3 is 2.42 bits per heavy atom. The highest BCUT2D eigenvalue weighted by Gasteiger charge is 2.20. The van der Waals surface area contributed by atoms with Crippen LogP contribution in [0.15, 0.2) is 58.6 Å². The van der Waals surface area contributed by atoms with Crippen molar-refractivity contribution in [2.45, 2.75) is 24.7 Å². The third-order valence-corrected chi connectivity index (χ3v) is 5.28. The second kappa shape index (κ2) is 7.25. The van der Waals surface area contributed by atoms with E-state index in [1.165, 1.54) is 18.7 Å². The van der Waals surface area contributed by atoms with Crippen LogP contribution in [0.3, 0.4) is 0 Å². The number of hydrogen-bond acceptors (Lipinski definition) is 5. The SMILES string of the molecule is CC(=O)ON=C1CCc2ccccc2C1=Cc1ccc(S(C)(=O)=O)cc1. The van der Waals surface area contributed by atoms with Gasteiger partial charge in [0.15, 0.2) is 9.84 Å². The van der Waals surface area contributed by atoms with Crippen molar-refractivity contribution in [1.82, 2.24) is 0 Å². The van der Waals surface area contributed by atoms with Crippen LogP contribution in [0.2, 0.25) is 0 Å². The van der Waals surface area contributed by atoms with Crippen LogP contribution in [0.25, 0.3) is 11.6 Å². The molecule has 0 fully saturated rings. The zero-order chi connectivity index (χ0) is 18.7. The second-order valence-electron chi connectivity index (χ2n) is 6.18. The van der Waals surface area contributed by atoms with Crippen LogP contribution >= 0.6 is 0 Å². The van der Waals surface area contributed by atoms with Crippen LogP contribution in [0, 0.1) is 0 Å². The molecule has 3 rings (SSSR count). The Balaban J connectivity index is 2.06. The fraction of sp³-hybridized carbons (Fsp3) is 0.200. The van der Waals surface area contributed by atoms with Gasteiger partial charge in [0.1, 0.15) is 0 Å². The number of carbonyl (C=O) groups excluding carboxylic acids is 1. The van der Waals surface area contributed by atoms with Crippen molar-refractivity contribution in [3.8, 4) is 0 Å². The van der Waals surface area contributed by atoms with Gasteiger partial charge in [0, 0.05) is 18.8 Å². The first-order chi connectivity index (χ1) is 12.3. The predicted octanol–water partition coefficient (Wildman–Crippen LogP) is 3.50. The molecule has 0 heterocycles. The molecule has 5 nitrogen and oxygen atoms in total. The molecule has 0 amide bonds.